The summed E-state index contributed by atoms with van der Waals surface area (Å²) < 4.78 is 36.3. The number of alkyl halides is 3. The van der Waals surface area contributed by atoms with E-state index in [0.717, 1.165) is 25.3 Å². The third-order valence-electron chi connectivity index (χ3n) is 3.58. The van der Waals surface area contributed by atoms with Crippen LogP contribution in [0.5, 0.6) is 0 Å². The number of nitrogens with one attached hydrogen (secondary N) is 1. The molecule has 126 valence electrons. The minimum Gasteiger partial charge on any atom is -0.366 e. The average molecular weight is 331 g/mol. The summed E-state index contributed by atoms with van der Waals surface area (Å²) in [6, 6.07) is 3.75. The van der Waals surface area contributed by atoms with Crippen molar-refractivity contribution in [2.75, 3.05) is 24.5 Å². The lowest BCUT2D eigenvalue weighted by Crippen LogP contribution is -2.34. The van der Waals surface area contributed by atoms with E-state index in [0.29, 0.717) is 18.8 Å². The fraction of sp³-hybridized carbons (Fsp3) is 0.500. The van der Waals surface area contributed by atoms with Crippen molar-refractivity contribution in [3.8, 4) is 0 Å². The first-order valence-electron chi connectivity index (χ1n) is 7.16. The highest BCUT2D eigenvalue weighted by atomic mass is 19.4. The summed E-state index contributed by atoms with van der Waals surface area (Å²) in [7, 11) is 0. The molecule has 23 heavy (non-hydrogen) atoms. The van der Waals surface area contributed by atoms with Gasteiger partial charge in [-0.2, -0.15) is 13.2 Å². The topological polar surface area (TPSA) is 75.5 Å². The molecule has 2 rings (SSSR count). The third kappa shape index (κ3) is 4.57. The molecular formula is C14H16F3N3O3. The van der Waals surface area contributed by atoms with Crippen LogP contribution in [-0.2, 0) is 0 Å². The van der Waals surface area contributed by atoms with E-state index in [-0.39, 0.29) is 11.3 Å². The highest BCUT2D eigenvalue weighted by Gasteiger charge is 2.29. The van der Waals surface area contributed by atoms with Crippen LogP contribution in [0.4, 0.5) is 24.5 Å². The van der Waals surface area contributed by atoms with Gasteiger partial charge in [0.1, 0.15) is 12.2 Å². The highest BCUT2D eigenvalue weighted by Crippen LogP contribution is 2.31. The van der Waals surface area contributed by atoms with Gasteiger partial charge in [0, 0.05) is 24.7 Å². The zero-order chi connectivity index (χ0) is 17.0. The lowest BCUT2D eigenvalue weighted by atomic mass is 10.1. The van der Waals surface area contributed by atoms with Crippen LogP contribution in [0.15, 0.2) is 18.2 Å². The van der Waals surface area contributed by atoms with Gasteiger partial charge in [0.05, 0.1) is 4.92 Å². The normalized spacial score (nSPS) is 15.3. The van der Waals surface area contributed by atoms with E-state index >= 15 is 0 Å². The average Bonchev–Trinajstić information content (AvgIpc) is 2.52. The number of piperidine rings is 1. The molecule has 0 saturated carbocycles. The Balaban J connectivity index is 2.21. The van der Waals surface area contributed by atoms with Crippen LogP contribution in [0.25, 0.3) is 0 Å². The first-order valence-corrected chi connectivity index (χ1v) is 7.16. The van der Waals surface area contributed by atoms with Crippen LogP contribution >= 0.6 is 0 Å². The fourth-order valence-electron chi connectivity index (χ4n) is 2.50. The van der Waals surface area contributed by atoms with Gasteiger partial charge < -0.3 is 10.2 Å². The van der Waals surface area contributed by atoms with Gasteiger partial charge in [0.2, 0.25) is 0 Å². The number of carbonyl (C=O) groups is 1. The van der Waals surface area contributed by atoms with Gasteiger partial charge >= 0.3 is 6.18 Å². The summed E-state index contributed by atoms with van der Waals surface area (Å²) in [5, 5.41) is 12.9. The van der Waals surface area contributed by atoms with E-state index in [1.165, 1.54) is 12.1 Å². The number of anilines is 1. The van der Waals surface area contributed by atoms with E-state index < -0.39 is 23.6 Å². The Hall–Kier alpha value is -2.32. The SMILES string of the molecule is O=C(NCC(F)(F)F)c1ccc(N2CCCCC2)c([N+](=O)[O-])c1. The van der Waals surface area contributed by atoms with Crippen molar-refractivity contribution in [2.24, 2.45) is 0 Å². The number of rotatable bonds is 4. The maximum Gasteiger partial charge on any atom is 0.405 e. The van der Waals surface area contributed by atoms with E-state index in [2.05, 4.69) is 0 Å². The quantitative estimate of drug-likeness (QED) is 0.680. The van der Waals surface area contributed by atoms with E-state index in [1.54, 1.807) is 5.32 Å². The molecule has 1 aliphatic heterocycles. The van der Waals surface area contributed by atoms with Crippen molar-refractivity contribution < 1.29 is 22.9 Å². The van der Waals surface area contributed by atoms with Crippen LogP contribution in [0, 0.1) is 10.1 Å². The predicted octanol–water partition coefficient (Wildman–Crippen LogP) is 2.88. The number of halogens is 3. The molecule has 0 atom stereocenters. The van der Waals surface area contributed by atoms with Crippen LogP contribution < -0.4 is 10.2 Å². The van der Waals surface area contributed by atoms with E-state index in [9.17, 15) is 28.1 Å². The Bertz CT molecular complexity index is 599. The Morgan fingerprint density at radius 2 is 1.91 bits per heavy atom. The zero-order valence-electron chi connectivity index (χ0n) is 12.2. The second-order valence-corrected chi connectivity index (χ2v) is 5.31. The lowest BCUT2D eigenvalue weighted by Gasteiger charge is -2.28. The molecular weight excluding hydrogens is 315 g/mol. The third-order valence-corrected chi connectivity index (χ3v) is 3.58. The number of nitro groups is 1. The van der Waals surface area contributed by atoms with Gasteiger partial charge in [-0.15, -0.1) is 0 Å². The summed E-state index contributed by atoms with van der Waals surface area (Å²) >= 11 is 0. The van der Waals surface area contributed by atoms with Crippen molar-refractivity contribution in [3.63, 3.8) is 0 Å². The maximum atomic E-state index is 12.1. The Labute approximate surface area is 130 Å². The molecule has 0 bridgehead atoms. The van der Waals surface area contributed by atoms with Crippen molar-refractivity contribution in [2.45, 2.75) is 25.4 Å². The van der Waals surface area contributed by atoms with Crippen LogP contribution in [-0.4, -0.2) is 36.6 Å². The van der Waals surface area contributed by atoms with Crippen molar-refractivity contribution >= 4 is 17.3 Å². The van der Waals surface area contributed by atoms with Crippen molar-refractivity contribution in [1.82, 2.24) is 5.32 Å². The molecule has 6 nitrogen and oxygen atoms in total. The van der Waals surface area contributed by atoms with Crippen LogP contribution in [0.1, 0.15) is 29.6 Å². The molecule has 1 amide bonds. The Morgan fingerprint density at radius 3 is 2.48 bits per heavy atom. The molecule has 1 fully saturated rings. The largest absolute Gasteiger partial charge is 0.405 e. The zero-order valence-corrected chi connectivity index (χ0v) is 12.2. The molecule has 1 heterocycles. The highest BCUT2D eigenvalue weighted by molar-refractivity contribution is 5.95. The van der Waals surface area contributed by atoms with Gasteiger partial charge in [0.25, 0.3) is 11.6 Å². The molecule has 0 aromatic heterocycles. The lowest BCUT2D eigenvalue weighted by molar-refractivity contribution is -0.384. The minimum atomic E-state index is -4.53. The summed E-state index contributed by atoms with van der Waals surface area (Å²) in [5.74, 6) is -0.990. The molecule has 1 aromatic carbocycles. The number of hydrogen-bond acceptors (Lipinski definition) is 4. The fourth-order valence-corrected chi connectivity index (χ4v) is 2.50. The summed E-state index contributed by atoms with van der Waals surface area (Å²) in [6.45, 7) is -0.117. The number of carbonyl (C=O) groups excluding carboxylic acids is 1. The second-order valence-electron chi connectivity index (χ2n) is 5.31. The number of nitrogens with zero attached hydrogens (tertiary/aromatic N) is 2. The minimum absolute atomic E-state index is 0.165. The molecule has 0 spiro atoms. The maximum absolute atomic E-state index is 12.1. The Morgan fingerprint density at radius 1 is 1.26 bits per heavy atom. The summed E-state index contributed by atoms with van der Waals surface area (Å²) in [4.78, 5) is 24.2. The monoisotopic (exact) mass is 331 g/mol. The predicted molar refractivity (Wildman–Crippen MR) is 77.5 cm³/mol. The van der Waals surface area contributed by atoms with Gasteiger partial charge in [-0.3, -0.25) is 14.9 Å². The molecule has 0 aliphatic carbocycles. The van der Waals surface area contributed by atoms with Crippen molar-refractivity contribution in [1.29, 1.82) is 0 Å². The first-order chi connectivity index (χ1) is 10.8. The number of amides is 1. The Kier molecular flexibility index (Phi) is 5.07. The number of hydrogen-bond donors (Lipinski definition) is 1. The summed E-state index contributed by atoms with van der Waals surface area (Å²) in [6.07, 6.45) is -1.63. The first kappa shape index (κ1) is 17.0. The van der Waals surface area contributed by atoms with Gasteiger partial charge in [-0.25, -0.2) is 0 Å². The molecule has 1 aliphatic rings. The van der Waals surface area contributed by atoms with Crippen LogP contribution in [0.3, 0.4) is 0 Å². The summed E-state index contributed by atoms with van der Waals surface area (Å²) in [5.41, 5.74) is -0.0460. The van der Waals surface area contributed by atoms with E-state index in [1.807, 2.05) is 4.90 Å². The molecule has 9 heteroatoms. The molecule has 1 saturated heterocycles. The van der Waals surface area contributed by atoms with E-state index in [4.69, 9.17) is 0 Å². The smallest absolute Gasteiger partial charge is 0.366 e. The molecule has 1 aromatic rings. The second kappa shape index (κ2) is 6.84. The number of benzene rings is 1. The molecule has 1 N–H and O–H groups in total. The number of nitro benzene ring substituents is 1. The standard InChI is InChI=1S/C14H16F3N3O3/c15-14(16,17)9-18-13(21)10-4-5-11(12(8-10)20(22)23)19-6-2-1-3-7-19/h4-5,8H,1-3,6-7,9H2,(H,18,21). The van der Waals surface area contributed by atoms with Gasteiger partial charge in [-0.05, 0) is 31.4 Å². The van der Waals surface area contributed by atoms with Crippen LogP contribution in [0.2, 0.25) is 0 Å². The molecule has 0 unspecified atom stereocenters. The van der Waals surface area contributed by atoms with Gasteiger partial charge in [0.15, 0.2) is 0 Å². The molecule has 0 radical (unpaired) electrons. The van der Waals surface area contributed by atoms with Crippen molar-refractivity contribution in [3.05, 3.63) is 33.9 Å². The van der Waals surface area contributed by atoms with Gasteiger partial charge in [-0.1, -0.05) is 0 Å².